The fourth-order valence-corrected chi connectivity index (χ4v) is 3.39. The summed E-state index contributed by atoms with van der Waals surface area (Å²) in [5, 5.41) is 10.7. The van der Waals surface area contributed by atoms with Crippen LogP contribution in [0.4, 0.5) is 23.4 Å². The number of amides is 1. The van der Waals surface area contributed by atoms with E-state index in [4.69, 9.17) is 9.47 Å². The van der Waals surface area contributed by atoms with Crippen LogP contribution < -0.4 is 14.8 Å². The Balaban J connectivity index is 1.29. The summed E-state index contributed by atoms with van der Waals surface area (Å²) in [6.45, 7) is 0.0395. The molecule has 0 aliphatic heterocycles. The van der Waals surface area contributed by atoms with Crippen molar-refractivity contribution < 1.29 is 31.8 Å². The van der Waals surface area contributed by atoms with Crippen LogP contribution in [0.2, 0.25) is 0 Å². The average molecular weight is 464 g/mol. The molecule has 0 atom stereocenters. The van der Waals surface area contributed by atoms with Crippen LogP contribution in [0.3, 0.4) is 0 Å². The van der Waals surface area contributed by atoms with E-state index in [1.54, 1.807) is 24.3 Å². The standard InChI is InChI=1S/C22H20F4N4O3/c1-32-18-7-14(6-17(23)21(18)24)12-30-27-11-19(29-30)28-20(31)8-13-2-4-15(5-3-13)33-16-9-22(25,26)10-16/h2-7,11,16H,8-10,12H2,1H3,(H,28,29,31). The van der Waals surface area contributed by atoms with Gasteiger partial charge in [-0.05, 0) is 35.4 Å². The second-order valence-corrected chi connectivity index (χ2v) is 7.73. The van der Waals surface area contributed by atoms with E-state index < -0.39 is 23.7 Å². The van der Waals surface area contributed by atoms with Gasteiger partial charge in [-0.25, -0.2) is 13.2 Å². The van der Waals surface area contributed by atoms with Crippen molar-refractivity contribution in [3.63, 3.8) is 0 Å². The number of hydrogen-bond acceptors (Lipinski definition) is 5. The maximum Gasteiger partial charge on any atom is 0.255 e. The molecular weight excluding hydrogens is 444 g/mol. The molecule has 1 amide bonds. The van der Waals surface area contributed by atoms with Crippen molar-refractivity contribution in [1.82, 2.24) is 15.0 Å². The highest BCUT2D eigenvalue weighted by molar-refractivity contribution is 5.91. The zero-order valence-electron chi connectivity index (χ0n) is 17.5. The summed E-state index contributed by atoms with van der Waals surface area (Å²) in [5.74, 6) is -4.68. The molecule has 0 saturated heterocycles. The Bertz CT molecular complexity index is 1140. The van der Waals surface area contributed by atoms with E-state index in [1.165, 1.54) is 24.2 Å². The Hall–Kier alpha value is -3.63. The van der Waals surface area contributed by atoms with Gasteiger partial charge in [0.15, 0.2) is 17.4 Å². The summed E-state index contributed by atoms with van der Waals surface area (Å²) in [6, 6.07) is 8.97. The van der Waals surface area contributed by atoms with Crippen molar-refractivity contribution in [2.45, 2.75) is 37.8 Å². The Kier molecular flexibility index (Phi) is 6.21. The Morgan fingerprint density at radius 1 is 1.18 bits per heavy atom. The molecule has 1 aliphatic carbocycles. The van der Waals surface area contributed by atoms with E-state index in [9.17, 15) is 22.4 Å². The first-order chi connectivity index (χ1) is 15.7. The molecule has 0 bridgehead atoms. The van der Waals surface area contributed by atoms with Crippen molar-refractivity contribution in [3.05, 3.63) is 65.4 Å². The Morgan fingerprint density at radius 3 is 2.58 bits per heavy atom. The molecule has 3 aromatic rings. The third-order valence-electron chi connectivity index (χ3n) is 5.05. The molecule has 33 heavy (non-hydrogen) atoms. The number of anilines is 1. The van der Waals surface area contributed by atoms with Crippen LogP contribution in [0.25, 0.3) is 0 Å². The topological polar surface area (TPSA) is 78.3 Å². The first-order valence-electron chi connectivity index (χ1n) is 10.1. The van der Waals surface area contributed by atoms with Gasteiger partial charge in [-0.1, -0.05) is 12.1 Å². The van der Waals surface area contributed by atoms with Crippen LogP contribution in [0.5, 0.6) is 11.5 Å². The van der Waals surface area contributed by atoms with Crippen molar-refractivity contribution >= 4 is 11.7 Å². The third kappa shape index (κ3) is 5.60. The van der Waals surface area contributed by atoms with Gasteiger partial charge in [-0.2, -0.15) is 14.3 Å². The summed E-state index contributed by atoms with van der Waals surface area (Å²) < 4.78 is 63.2. The number of methoxy groups -OCH3 is 1. The van der Waals surface area contributed by atoms with E-state index in [0.717, 1.165) is 6.07 Å². The number of benzene rings is 2. The van der Waals surface area contributed by atoms with Gasteiger partial charge in [0.2, 0.25) is 11.7 Å². The molecule has 11 heteroatoms. The number of halogens is 4. The number of nitrogens with zero attached hydrogens (tertiary/aromatic N) is 3. The Labute approximate surface area is 186 Å². The van der Waals surface area contributed by atoms with Crippen molar-refractivity contribution in [2.75, 3.05) is 12.4 Å². The minimum atomic E-state index is -2.65. The first kappa shape index (κ1) is 22.6. The highest BCUT2D eigenvalue weighted by atomic mass is 19.3. The lowest BCUT2D eigenvalue weighted by Crippen LogP contribution is -2.43. The monoisotopic (exact) mass is 464 g/mol. The molecule has 2 aromatic carbocycles. The number of carbonyl (C=O) groups excluding carboxylic acids is 1. The number of carbonyl (C=O) groups is 1. The first-order valence-corrected chi connectivity index (χ1v) is 10.1. The molecular formula is C22H20F4N4O3. The van der Waals surface area contributed by atoms with Gasteiger partial charge in [0.1, 0.15) is 11.9 Å². The molecule has 1 heterocycles. The second kappa shape index (κ2) is 9.08. The predicted octanol–water partition coefficient (Wildman–Crippen LogP) is 3.97. The van der Waals surface area contributed by atoms with Gasteiger partial charge in [0.05, 0.1) is 26.3 Å². The van der Waals surface area contributed by atoms with Crippen LogP contribution in [-0.4, -0.2) is 40.0 Å². The van der Waals surface area contributed by atoms with Crippen LogP contribution in [0.1, 0.15) is 24.0 Å². The second-order valence-electron chi connectivity index (χ2n) is 7.73. The summed E-state index contributed by atoms with van der Waals surface area (Å²) in [4.78, 5) is 13.5. The predicted molar refractivity (Wildman–Crippen MR) is 109 cm³/mol. The van der Waals surface area contributed by atoms with E-state index in [1.807, 2.05) is 0 Å². The van der Waals surface area contributed by atoms with E-state index >= 15 is 0 Å². The summed E-state index contributed by atoms with van der Waals surface area (Å²) >= 11 is 0. The Morgan fingerprint density at radius 2 is 1.91 bits per heavy atom. The molecule has 1 N–H and O–H groups in total. The number of ether oxygens (including phenoxy) is 2. The van der Waals surface area contributed by atoms with Crippen LogP contribution >= 0.6 is 0 Å². The minimum Gasteiger partial charge on any atom is -0.494 e. The van der Waals surface area contributed by atoms with Gasteiger partial charge < -0.3 is 14.8 Å². The van der Waals surface area contributed by atoms with E-state index in [2.05, 4.69) is 15.5 Å². The van der Waals surface area contributed by atoms with Gasteiger partial charge >= 0.3 is 0 Å². The van der Waals surface area contributed by atoms with Crippen molar-refractivity contribution in [3.8, 4) is 11.5 Å². The molecule has 0 radical (unpaired) electrons. The van der Waals surface area contributed by atoms with E-state index in [0.29, 0.717) is 16.9 Å². The molecule has 4 rings (SSSR count). The van der Waals surface area contributed by atoms with Gasteiger partial charge in [-0.15, -0.1) is 5.10 Å². The molecule has 174 valence electrons. The largest absolute Gasteiger partial charge is 0.494 e. The highest BCUT2D eigenvalue weighted by Crippen LogP contribution is 2.39. The number of nitrogens with one attached hydrogen (secondary N) is 1. The van der Waals surface area contributed by atoms with Gasteiger partial charge in [0, 0.05) is 12.8 Å². The molecule has 1 aliphatic rings. The van der Waals surface area contributed by atoms with Gasteiger partial charge in [0.25, 0.3) is 5.92 Å². The van der Waals surface area contributed by atoms with Crippen molar-refractivity contribution in [1.29, 1.82) is 0 Å². The maximum atomic E-state index is 13.7. The molecule has 1 saturated carbocycles. The molecule has 0 spiro atoms. The number of alkyl halides is 2. The average Bonchev–Trinajstić information content (AvgIpc) is 3.17. The fourth-order valence-electron chi connectivity index (χ4n) is 3.39. The third-order valence-corrected chi connectivity index (χ3v) is 5.05. The zero-order chi connectivity index (χ0) is 23.6. The lowest BCUT2D eigenvalue weighted by molar-refractivity contribution is -0.134. The minimum absolute atomic E-state index is 0.0395. The van der Waals surface area contributed by atoms with Crippen LogP contribution in [-0.2, 0) is 17.8 Å². The summed E-state index contributed by atoms with van der Waals surface area (Å²) in [6.07, 6.45) is 0.308. The van der Waals surface area contributed by atoms with Crippen LogP contribution in [0, 0.1) is 11.6 Å². The summed E-state index contributed by atoms with van der Waals surface area (Å²) in [7, 11) is 1.23. The van der Waals surface area contributed by atoms with Gasteiger partial charge in [-0.3, -0.25) is 4.79 Å². The lowest BCUT2D eigenvalue weighted by atomic mass is 9.91. The highest BCUT2D eigenvalue weighted by Gasteiger charge is 2.46. The normalized spacial score (nSPS) is 15.1. The zero-order valence-corrected chi connectivity index (χ0v) is 17.5. The quantitative estimate of drug-likeness (QED) is 0.511. The molecule has 1 aromatic heterocycles. The van der Waals surface area contributed by atoms with Crippen LogP contribution in [0.15, 0.2) is 42.6 Å². The number of rotatable bonds is 8. The van der Waals surface area contributed by atoms with Crippen molar-refractivity contribution in [2.24, 2.45) is 0 Å². The SMILES string of the molecule is COc1cc(Cn2ncc(NC(=O)Cc3ccc(OC4CC(F)(F)C4)cc3)n2)cc(F)c1F. The molecule has 0 unspecified atom stereocenters. The fraction of sp³-hybridized carbons (Fsp3) is 0.318. The lowest BCUT2D eigenvalue weighted by Gasteiger charge is -2.34. The number of hydrogen-bond donors (Lipinski definition) is 1. The molecule has 7 nitrogen and oxygen atoms in total. The number of aromatic nitrogens is 3. The van der Waals surface area contributed by atoms with E-state index in [-0.39, 0.29) is 43.3 Å². The summed E-state index contributed by atoms with van der Waals surface area (Å²) in [5.41, 5.74) is 1.08. The molecule has 1 fully saturated rings. The maximum absolute atomic E-state index is 13.7. The smallest absolute Gasteiger partial charge is 0.255 e.